The topological polar surface area (TPSA) is 38.1 Å². The second kappa shape index (κ2) is 6.46. The van der Waals surface area contributed by atoms with Crippen molar-refractivity contribution in [3.8, 4) is 5.69 Å². The van der Waals surface area contributed by atoms with E-state index >= 15 is 0 Å². The third kappa shape index (κ3) is 3.15. The molecule has 21 heavy (non-hydrogen) atoms. The Balaban J connectivity index is 1.83. The standard InChI is InChI=1S/C16H20N2OS2/c1-11-12(2)21-15(10-20-11)16(19)14-8-9-17-18(14)13-6-4-3-5-7-13/h3-9,11-12,15-16,19H,10H2,1-2H3. The van der Waals surface area contributed by atoms with E-state index < -0.39 is 6.10 Å². The van der Waals surface area contributed by atoms with Crippen LogP contribution in [0.25, 0.3) is 5.69 Å². The highest BCUT2D eigenvalue weighted by Crippen LogP contribution is 2.41. The predicted octanol–water partition coefficient (Wildman–Crippen LogP) is 3.53. The first-order valence-electron chi connectivity index (χ1n) is 7.21. The van der Waals surface area contributed by atoms with Crippen LogP contribution in [0.5, 0.6) is 0 Å². The highest BCUT2D eigenvalue weighted by atomic mass is 32.2. The third-order valence-corrected chi connectivity index (χ3v) is 7.38. The number of benzene rings is 1. The van der Waals surface area contributed by atoms with Crippen LogP contribution in [0.3, 0.4) is 0 Å². The molecule has 0 amide bonds. The lowest BCUT2D eigenvalue weighted by atomic mass is 10.2. The second-order valence-corrected chi connectivity index (χ2v) is 8.40. The van der Waals surface area contributed by atoms with Gasteiger partial charge in [0, 0.05) is 27.7 Å². The maximum atomic E-state index is 10.8. The molecule has 1 saturated heterocycles. The van der Waals surface area contributed by atoms with Crippen molar-refractivity contribution in [2.24, 2.45) is 0 Å². The summed E-state index contributed by atoms with van der Waals surface area (Å²) in [5, 5.41) is 16.6. The summed E-state index contributed by atoms with van der Waals surface area (Å²) < 4.78 is 1.85. The SMILES string of the molecule is CC1SCC(C(O)c2ccnn2-c2ccccc2)SC1C. The Labute approximate surface area is 134 Å². The summed E-state index contributed by atoms with van der Waals surface area (Å²) in [4.78, 5) is 0. The fourth-order valence-corrected chi connectivity index (χ4v) is 5.47. The van der Waals surface area contributed by atoms with Gasteiger partial charge in [-0.25, -0.2) is 4.68 Å². The molecular weight excluding hydrogens is 300 g/mol. The van der Waals surface area contributed by atoms with Crippen LogP contribution in [0.15, 0.2) is 42.6 Å². The number of nitrogens with zero attached hydrogens (tertiary/aromatic N) is 2. The molecule has 1 aliphatic rings. The first-order valence-corrected chi connectivity index (χ1v) is 9.20. The Morgan fingerprint density at radius 2 is 1.95 bits per heavy atom. The zero-order valence-electron chi connectivity index (χ0n) is 12.2. The molecular formula is C16H20N2OS2. The first-order chi connectivity index (χ1) is 10.2. The number of hydrogen-bond donors (Lipinski definition) is 1. The Morgan fingerprint density at radius 3 is 2.67 bits per heavy atom. The third-order valence-electron chi connectivity index (χ3n) is 3.90. The molecule has 1 fully saturated rings. The van der Waals surface area contributed by atoms with E-state index in [1.54, 1.807) is 6.20 Å². The average Bonchev–Trinajstić information content (AvgIpc) is 2.99. The molecule has 0 aliphatic carbocycles. The maximum Gasteiger partial charge on any atom is 0.109 e. The van der Waals surface area contributed by atoms with Gasteiger partial charge in [-0.2, -0.15) is 28.6 Å². The Morgan fingerprint density at radius 1 is 1.19 bits per heavy atom. The van der Waals surface area contributed by atoms with Gasteiger partial charge in [-0.15, -0.1) is 0 Å². The lowest BCUT2D eigenvalue weighted by Crippen LogP contribution is -2.31. The highest BCUT2D eigenvalue weighted by Gasteiger charge is 2.32. The molecule has 1 aliphatic heterocycles. The van der Waals surface area contributed by atoms with Gasteiger partial charge in [0.05, 0.1) is 11.4 Å². The molecule has 0 bridgehead atoms. The number of para-hydroxylation sites is 1. The van der Waals surface area contributed by atoms with Crippen LogP contribution in [-0.2, 0) is 0 Å². The summed E-state index contributed by atoms with van der Waals surface area (Å²) in [6, 6.07) is 11.9. The van der Waals surface area contributed by atoms with Gasteiger partial charge in [-0.05, 0) is 18.2 Å². The van der Waals surface area contributed by atoms with E-state index in [4.69, 9.17) is 0 Å². The van der Waals surface area contributed by atoms with Crippen molar-refractivity contribution in [2.45, 2.75) is 35.7 Å². The number of thioether (sulfide) groups is 2. The van der Waals surface area contributed by atoms with Crippen molar-refractivity contribution in [1.29, 1.82) is 0 Å². The minimum atomic E-state index is -0.486. The summed E-state index contributed by atoms with van der Waals surface area (Å²) in [7, 11) is 0. The summed E-state index contributed by atoms with van der Waals surface area (Å²) >= 11 is 3.84. The van der Waals surface area contributed by atoms with E-state index in [1.807, 2.05) is 64.6 Å². The minimum Gasteiger partial charge on any atom is -0.386 e. The van der Waals surface area contributed by atoms with E-state index in [1.165, 1.54) is 0 Å². The molecule has 0 saturated carbocycles. The van der Waals surface area contributed by atoms with Crippen molar-refractivity contribution in [1.82, 2.24) is 9.78 Å². The first kappa shape index (κ1) is 15.0. The molecule has 5 heteroatoms. The van der Waals surface area contributed by atoms with Gasteiger partial charge in [-0.3, -0.25) is 0 Å². The van der Waals surface area contributed by atoms with Gasteiger partial charge in [0.1, 0.15) is 6.10 Å². The van der Waals surface area contributed by atoms with Crippen LogP contribution < -0.4 is 0 Å². The summed E-state index contributed by atoms with van der Waals surface area (Å²) in [5.41, 5.74) is 1.87. The molecule has 2 heterocycles. The predicted molar refractivity (Wildman–Crippen MR) is 91.3 cm³/mol. The lowest BCUT2D eigenvalue weighted by molar-refractivity contribution is 0.172. The van der Waals surface area contributed by atoms with Crippen LogP contribution in [0.2, 0.25) is 0 Å². The highest BCUT2D eigenvalue weighted by molar-refractivity contribution is 8.07. The quantitative estimate of drug-likeness (QED) is 0.939. The molecule has 4 unspecified atom stereocenters. The molecule has 2 aromatic rings. The molecule has 3 nitrogen and oxygen atoms in total. The molecule has 1 aromatic heterocycles. The van der Waals surface area contributed by atoms with Crippen molar-refractivity contribution < 1.29 is 5.11 Å². The molecule has 112 valence electrons. The molecule has 1 aromatic carbocycles. The zero-order valence-corrected chi connectivity index (χ0v) is 13.8. The van der Waals surface area contributed by atoms with E-state index in [2.05, 4.69) is 18.9 Å². The Bertz CT molecular complexity index is 587. The van der Waals surface area contributed by atoms with Crippen LogP contribution in [0.4, 0.5) is 0 Å². The van der Waals surface area contributed by atoms with Crippen LogP contribution in [-0.4, -0.2) is 36.4 Å². The van der Waals surface area contributed by atoms with E-state index in [9.17, 15) is 5.11 Å². The molecule has 0 spiro atoms. The molecule has 4 atom stereocenters. The molecule has 3 rings (SSSR count). The number of aromatic nitrogens is 2. The Kier molecular flexibility index (Phi) is 4.62. The number of aliphatic hydroxyl groups excluding tert-OH is 1. The smallest absolute Gasteiger partial charge is 0.109 e. The number of aliphatic hydroxyl groups is 1. The fraction of sp³-hybridized carbons (Fsp3) is 0.438. The molecule has 0 radical (unpaired) electrons. The van der Waals surface area contributed by atoms with Gasteiger partial charge in [0.15, 0.2) is 0 Å². The van der Waals surface area contributed by atoms with Crippen molar-refractivity contribution >= 4 is 23.5 Å². The monoisotopic (exact) mass is 320 g/mol. The Hall–Kier alpha value is -0.910. The number of hydrogen-bond acceptors (Lipinski definition) is 4. The fourth-order valence-electron chi connectivity index (χ4n) is 2.49. The van der Waals surface area contributed by atoms with Gasteiger partial charge in [0.25, 0.3) is 0 Å². The summed E-state index contributed by atoms with van der Waals surface area (Å²) in [6.45, 7) is 4.51. The van der Waals surface area contributed by atoms with E-state index in [0.717, 1.165) is 17.1 Å². The van der Waals surface area contributed by atoms with E-state index in [0.29, 0.717) is 10.5 Å². The minimum absolute atomic E-state index is 0.223. The summed E-state index contributed by atoms with van der Waals surface area (Å²) in [6.07, 6.45) is 1.28. The largest absolute Gasteiger partial charge is 0.386 e. The second-order valence-electron chi connectivity index (χ2n) is 5.37. The van der Waals surface area contributed by atoms with Gasteiger partial charge < -0.3 is 5.11 Å². The normalized spacial score (nSPS) is 27.5. The summed E-state index contributed by atoms with van der Waals surface area (Å²) in [5.74, 6) is 0.983. The van der Waals surface area contributed by atoms with E-state index in [-0.39, 0.29) is 5.25 Å². The van der Waals surface area contributed by atoms with Gasteiger partial charge in [-0.1, -0.05) is 32.0 Å². The number of rotatable bonds is 3. The van der Waals surface area contributed by atoms with Crippen molar-refractivity contribution in [3.63, 3.8) is 0 Å². The molecule has 1 N–H and O–H groups in total. The zero-order chi connectivity index (χ0) is 14.8. The van der Waals surface area contributed by atoms with Gasteiger partial charge in [0.2, 0.25) is 0 Å². The van der Waals surface area contributed by atoms with Crippen LogP contribution in [0, 0.1) is 0 Å². The van der Waals surface area contributed by atoms with Crippen molar-refractivity contribution in [3.05, 3.63) is 48.3 Å². The van der Waals surface area contributed by atoms with Crippen LogP contribution >= 0.6 is 23.5 Å². The van der Waals surface area contributed by atoms with Crippen molar-refractivity contribution in [2.75, 3.05) is 5.75 Å². The van der Waals surface area contributed by atoms with Crippen LogP contribution in [0.1, 0.15) is 25.6 Å². The maximum absolute atomic E-state index is 10.8. The van der Waals surface area contributed by atoms with Gasteiger partial charge >= 0.3 is 0 Å². The average molecular weight is 320 g/mol. The lowest BCUT2D eigenvalue weighted by Gasteiger charge is -2.33.